The lowest BCUT2D eigenvalue weighted by Gasteiger charge is -2.26. The largest absolute Gasteiger partial charge is 0.345 e. The average Bonchev–Trinajstić information content (AvgIpc) is 2.79. The number of carbonyl (C=O) groups is 2. The number of anilines is 1. The fourth-order valence-corrected chi connectivity index (χ4v) is 2.69. The van der Waals surface area contributed by atoms with E-state index in [0.717, 1.165) is 11.1 Å². The van der Waals surface area contributed by atoms with Crippen molar-refractivity contribution >= 4 is 38.9 Å². The zero-order valence-corrected chi connectivity index (χ0v) is 9.79. The standard InChI is InChI=1S/C12H10N2O2S/c15-11-7-14(12(16)6-13-11)9-1-2-10-8(5-9)3-4-17-10/h1-5H,6-7H2,(H,13,15). The molecule has 1 aromatic carbocycles. The zero-order valence-electron chi connectivity index (χ0n) is 8.97. The average molecular weight is 246 g/mol. The summed E-state index contributed by atoms with van der Waals surface area (Å²) in [6.07, 6.45) is 0. The van der Waals surface area contributed by atoms with Crippen LogP contribution in [0.3, 0.4) is 0 Å². The molecule has 0 radical (unpaired) electrons. The van der Waals surface area contributed by atoms with E-state index in [0.29, 0.717) is 0 Å². The highest BCUT2D eigenvalue weighted by Crippen LogP contribution is 2.26. The number of benzene rings is 1. The Morgan fingerprint density at radius 2 is 2.12 bits per heavy atom. The third-order valence-electron chi connectivity index (χ3n) is 2.79. The summed E-state index contributed by atoms with van der Waals surface area (Å²) < 4.78 is 1.18. The van der Waals surface area contributed by atoms with E-state index < -0.39 is 0 Å². The first kappa shape index (κ1) is 10.3. The van der Waals surface area contributed by atoms with E-state index in [9.17, 15) is 9.59 Å². The van der Waals surface area contributed by atoms with Crippen LogP contribution in [-0.4, -0.2) is 24.9 Å². The number of hydrogen-bond acceptors (Lipinski definition) is 3. The molecule has 2 aromatic rings. The predicted octanol–water partition coefficient (Wildman–Crippen LogP) is 1.36. The summed E-state index contributed by atoms with van der Waals surface area (Å²) in [5, 5.41) is 5.65. The minimum Gasteiger partial charge on any atom is -0.345 e. The molecular formula is C12H10N2O2S. The molecule has 0 atom stereocenters. The minimum atomic E-state index is -0.116. The molecule has 1 aliphatic rings. The summed E-state index contributed by atoms with van der Waals surface area (Å²) in [6.45, 7) is 0.189. The highest BCUT2D eigenvalue weighted by atomic mass is 32.1. The summed E-state index contributed by atoms with van der Waals surface area (Å²) in [5.74, 6) is -0.186. The molecule has 1 aliphatic heterocycles. The van der Waals surface area contributed by atoms with Gasteiger partial charge in [0.05, 0.1) is 6.54 Å². The van der Waals surface area contributed by atoms with Crippen molar-refractivity contribution in [2.45, 2.75) is 0 Å². The van der Waals surface area contributed by atoms with Gasteiger partial charge in [0.15, 0.2) is 0 Å². The van der Waals surface area contributed by atoms with Crippen LogP contribution in [-0.2, 0) is 9.59 Å². The summed E-state index contributed by atoms with van der Waals surface area (Å²) in [7, 11) is 0. The van der Waals surface area contributed by atoms with Gasteiger partial charge in [-0.3, -0.25) is 9.59 Å². The van der Waals surface area contributed by atoms with E-state index in [-0.39, 0.29) is 24.9 Å². The van der Waals surface area contributed by atoms with Gasteiger partial charge < -0.3 is 10.2 Å². The van der Waals surface area contributed by atoms with Crippen LogP contribution in [0.25, 0.3) is 10.1 Å². The highest BCUT2D eigenvalue weighted by molar-refractivity contribution is 7.17. The molecule has 0 bridgehead atoms. The lowest BCUT2D eigenvalue weighted by molar-refractivity contribution is -0.128. The molecule has 2 amide bonds. The quantitative estimate of drug-likeness (QED) is 0.826. The number of thiophene rings is 1. The fraction of sp³-hybridized carbons (Fsp3) is 0.167. The van der Waals surface area contributed by atoms with Crippen molar-refractivity contribution < 1.29 is 9.59 Å². The lowest BCUT2D eigenvalue weighted by atomic mass is 10.2. The molecule has 1 saturated heterocycles. The van der Waals surface area contributed by atoms with Crippen LogP contribution in [0.2, 0.25) is 0 Å². The number of carbonyl (C=O) groups excluding carboxylic acids is 2. The molecular weight excluding hydrogens is 236 g/mol. The van der Waals surface area contributed by atoms with Gasteiger partial charge in [0.25, 0.3) is 0 Å². The third-order valence-corrected chi connectivity index (χ3v) is 3.69. The Morgan fingerprint density at radius 3 is 3.00 bits per heavy atom. The Balaban J connectivity index is 2.01. The van der Waals surface area contributed by atoms with E-state index in [2.05, 4.69) is 5.32 Å². The Bertz CT molecular complexity index is 605. The first-order valence-corrected chi connectivity index (χ1v) is 6.16. The molecule has 17 heavy (non-hydrogen) atoms. The molecule has 4 nitrogen and oxygen atoms in total. The normalized spacial score (nSPS) is 16.4. The minimum absolute atomic E-state index is 0.0702. The zero-order chi connectivity index (χ0) is 11.8. The SMILES string of the molecule is O=C1CN(c2ccc3sccc3c2)C(=O)CN1. The Morgan fingerprint density at radius 1 is 1.24 bits per heavy atom. The van der Waals surface area contributed by atoms with Gasteiger partial charge in [0.1, 0.15) is 6.54 Å². The molecule has 1 aromatic heterocycles. The Hall–Kier alpha value is -1.88. The molecule has 1 N–H and O–H groups in total. The van der Waals surface area contributed by atoms with Gasteiger partial charge in [-0.05, 0) is 35.0 Å². The smallest absolute Gasteiger partial charge is 0.246 e. The number of piperazine rings is 1. The third kappa shape index (κ3) is 1.78. The Labute approximate surface area is 102 Å². The van der Waals surface area contributed by atoms with E-state index in [4.69, 9.17) is 0 Å². The number of rotatable bonds is 1. The molecule has 0 spiro atoms. The molecule has 1 fully saturated rings. The topological polar surface area (TPSA) is 49.4 Å². The van der Waals surface area contributed by atoms with Crippen LogP contribution >= 0.6 is 11.3 Å². The van der Waals surface area contributed by atoms with Gasteiger partial charge in [-0.1, -0.05) is 0 Å². The van der Waals surface area contributed by atoms with E-state index in [1.165, 1.54) is 9.60 Å². The van der Waals surface area contributed by atoms with E-state index >= 15 is 0 Å². The predicted molar refractivity (Wildman–Crippen MR) is 67.2 cm³/mol. The van der Waals surface area contributed by atoms with Crippen molar-refractivity contribution in [3.05, 3.63) is 29.6 Å². The maximum atomic E-state index is 11.7. The summed E-state index contributed by atoms with van der Waals surface area (Å²) in [5.41, 5.74) is 0.788. The second-order valence-corrected chi connectivity index (χ2v) is 4.85. The summed E-state index contributed by atoms with van der Waals surface area (Å²) in [4.78, 5) is 24.6. The number of nitrogens with one attached hydrogen (secondary N) is 1. The van der Waals surface area contributed by atoms with Gasteiger partial charge in [0.2, 0.25) is 11.8 Å². The molecule has 0 unspecified atom stereocenters. The number of fused-ring (bicyclic) bond motifs is 1. The van der Waals surface area contributed by atoms with E-state index in [1.807, 2.05) is 29.6 Å². The van der Waals surface area contributed by atoms with Gasteiger partial charge >= 0.3 is 0 Å². The second kappa shape index (κ2) is 3.85. The highest BCUT2D eigenvalue weighted by Gasteiger charge is 2.24. The van der Waals surface area contributed by atoms with Gasteiger partial charge in [-0.2, -0.15) is 0 Å². The maximum absolute atomic E-state index is 11.7. The van der Waals surface area contributed by atoms with E-state index in [1.54, 1.807) is 11.3 Å². The molecule has 86 valence electrons. The van der Waals surface area contributed by atoms with Crippen LogP contribution < -0.4 is 10.2 Å². The van der Waals surface area contributed by atoms with Crippen LogP contribution in [0.15, 0.2) is 29.6 Å². The summed E-state index contributed by atoms with van der Waals surface area (Å²) >= 11 is 1.66. The molecule has 0 saturated carbocycles. The van der Waals surface area contributed by atoms with Crippen molar-refractivity contribution in [3.8, 4) is 0 Å². The molecule has 3 rings (SSSR count). The van der Waals surface area contributed by atoms with Crippen molar-refractivity contribution in [3.63, 3.8) is 0 Å². The van der Waals surface area contributed by atoms with Gasteiger partial charge in [-0.25, -0.2) is 0 Å². The van der Waals surface area contributed by atoms with Gasteiger partial charge in [0, 0.05) is 10.4 Å². The number of nitrogens with zero attached hydrogens (tertiary/aromatic N) is 1. The molecule has 5 heteroatoms. The van der Waals surface area contributed by atoms with Crippen LogP contribution in [0.1, 0.15) is 0 Å². The molecule has 2 heterocycles. The van der Waals surface area contributed by atoms with Crippen molar-refractivity contribution in [2.24, 2.45) is 0 Å². The van der Waals surface area contributed by atoms with Crippen LogP contribution in [0, 0.1) is 0 Å². The second-order valence-electron chi connectivity index (χ2n) is 3.90. The van der Waals surface area contributed by atoms with Gasteiger partial charge in [-0.15, -0.1) is 11.3 Å². The van der Waals surface area contributed by atoms with Crippen molar-refractivity contribution in [2.75, 3.05) is 18.0 Å². The van der Waals surface area contributed by atoms with Crippen LogP contribution in [0.4, 0.5) is 5.69 Å². The maximum Gasteiger partial charge on any atom is 0.246 e. The number of amides is 2. The first-order chi connectivity index (χ1) is 8.24. The molecule has 0 aliphatic carbocycles. The van der Waals surface area contributed by atoms with Crippen molar-refractivity contribution in [1.82, 2.24) is 5.32 Å². The number of hydrogen-bond donors (Lipinski definition) is 1. The van der Waals surface area contributed by atoms with Crippen LogP contribution in [0.5, 0.6) is 0 Å². The first-order valence-electron chi connectivity index (χ1n) is 5.28. The monoisotopic (exact) mass is 246 g/mol. The fourth-order valence-electron chi connectivity index (χ4n) is 1.91. The Kier molecular flexibility index (Phi) is 2.33. The van der Waals surface area contributed by atoms with Crippen molar-refractivity contribution in [1.29, 1.82) is 0 Å². The lowest BCUT2D eigenvalue weighted by Crippen LogP contribution is -2.51. The summed E-state index contributed by atoms with van der Waals surface area (Å²) in [6, 6.07) is 7.82.